The maximum atomic E-state index is 12.4. The number of carbonyl (C=O) groups is 2. The first-order valence-electron chi connectivity index (χ1n) is 10.2. The minimum absolute atomic E-state index is 0.0999. The second-order valence-corrected chi connectivity index (χ2v) is 8.83. The number of hydrogen-bond donors (Lipinski definition) is 3. The summed E-state index contributed by atoms with van der Waals surface area (Å²) in [5.74, 6) is -0.0843. The predicted octanol–water partition coefficient (Wildman–Crippen LogP) is 2.91. The zero-order chi connectivity index (χ0) is 23.5. The van der Waals surface area contributed by atoms with Gasteiger partial charge >= 0.3 is 12.3 Å². The number of aromatic nitrogens is 5. The van der Waals surface area contributed by atoms with Gasteiger partial charge < -0.3 is 15.4 Å². The van der Waals surface area contributed by atoms with E-state index in [1.807, 2.05) is 20.8 Å². The Morgan fingerprint density at radius 1 is 1.28 bits per heavy atom. The van der Waals surface area contributed by atoms with Gasteiger partial charge in [-0.25, -0.2) is 4.79 Å². The van der Waals surface area contributed by atoms with E-state index in [-0.39, 0.29) is 29.7 Å². The summed E-state index contributed by atoms with van der Waals surface area (Å²) < 4.78 is 42.6. The molecule has 0 aliphatic heterocycles. The number of anilines is 1. The van der Waals surface area contributed by atoms with Gasteiger partial charge in [-0.2, -0.15) is 33.3 Å². The average Bonchev–Trinajstić information content (AvgIpc) is 3.33. The number of alkyl halides is 3. The summed E-state index contributed by atoms with van der Waals surface area (Å²) in [6, 6.07) is 1.70. The lowest BCUT2D eigenvalue weighted by Crippen LogP contribution is -2.42. The zero-order valence-electron chi connectivity index (χ0n) is 18.0. The van der Waals surface area contributed by atoms with E-state index in [4.69, 9.17) is 4.74 Å². The SMILES string of the molecule is CC(C)(C)NC(=O)O[C@@H]1CC[C@H](c2cc(NC(=O)Cc3cnn(CC(F)(F)F)n3)n[nH]2)C1. The van der Waals surface area contributed by atoms with Gasteiger partial charge in [0.1, 0.15) is 6.10 Å². The molecule has 10 nitrogen and oxygen atoms in total. The Labute approximate surface area is 182 Å². The van der Waals surface area contributed by atoms with Crippen LogP contribution in [0.5, 0.6) is 0 Å². The Morgan fingerprint density at radius 2 is 2.03 bits per heavy atom. The summed E-state index contributed by atoms with van der Waals surface area (Å²) in [5, 5.41) is 19.5. The van der Waals surface area contributed by atoms with E-state index in [2.05, 4.69) is 31.0 Å². The first kappa shape index (κ1) is 23.5. The molecule has 0 bridgehead atoms. The van der Waals surface area contributed by atoms with Gasteiger partial charge in [-0.1, -0.05) is 0 Å². The third kappa shape index (κ3) is 7.24. The summed E-state index contributed by atoms with van der Waals surface area (Å²) >= 11 is 0. The van der Waals surface area contributed by atoms with Crippen molar-refractivity contribution in [1.29, 1.82) is 0 Å². The molecule has 0 unspecified atom stereocenters. The van der Waals surface area contributed by atoms with Crippen molar-refractivity contribution in [2.75, 3.05) is 5.32 Å². The number of amides is 2. The molecule has 176 valence electrons. The number of H-pyrrole nitrogens is 1. The number of ether oxygens (including phenoxy) is 1. The average molecular weight is 457 g/mol. The third-order valence-electron chi connectivity index (χ3n) is 4.69. The topological polar surface area (TPSA) is 127 Å². The number of rotatable bonds is 6. The van der Waals surface area contributed by atoms with Crippen LogP contribution in [0.1, 0.15) is 57.3 Å². The van der Waals surface area contributed by atoms with Crippen LogP contribution in [-0.4, -0.2) is 55.0 Å². The number of hydrogen-bond acceptors (Lipinski definition) is 6. The van der Waals surface area contributed by atoms with Crippen molar-refractivity contribution in [3.63, 3.8) is 0 Å². The Balaban J connectivity index is 1.48. The van der Waals surface area contributed by atoms with Crippen molar-refractivity contribution in [3.8, 4) is 0 Å². The van der Waals surface area contributed by atoms with Crippen molar-refractivity contribution in [1.82, 2.24) is 30.5 Å². The van der Waals surface area contributed by atoms with Crippen molar-refractivity contribution >= 4 is 17.8 Å². The number of carbonyl (C=O) groups excluding carboxylic acids is 2. The Bertz CT molecular complexity index is 949. The molecule has 32 heavy (non-hydrogen) atoms. The van der Waals surface area contributed by atoms with Crippen molar-refractivity contribution in [2.24, 2.45) is 0 Å². The molecule has 2 heterocycles. The molecular weight excluding hydrogens is 431 g/mol. The minimum Gasteiger partial charge on any atom is -0.446 e. The van der Waals surface area contributed by atoms with E-state index in [9.17, 15) is 22.8 Å². The number of nitrogens with one attached hydrogen (secondary N) is 3. The molecule has 0 spiro atoms. The molecule has 1 fully saturated rings. The molecule has 1 aliphatic rings. The molecule has 2 amide bonds. The fourth-order valence-corrected chi connectivity index (χ4v) is 3.43. The van der Waals surface area contributed by atoms with Gasteiger partial charge in [0.05, 0.1) is 18.3 Å². The Morgan fingerprint density at radius 3 is 2.72 bits per heavy atom. The van der Waals surface area contributed by atoms with Gasteiger partial charge in [-0.15, -0.1) is 0 Å². The van der Waals surface area contributed by atoms with Gasteiger partial charge in [0.2, 0.25) is 5.91 Å². The van der Waals surface area contributed by atoms with Gasteiger partial charge in [-0.3, -0.25) is 9.89 Å². The highest BCUT2D eigenvalue weighted by Gasteiger charge is 2.31. The van der Waals surface area contributed by atoms with Crippen molar-refractivity contribution in [2.45, 2.75) is 76.7 Å². The maximum Gasteiger partial charge on any atom is 0.409 e. The van der Waals surface area contributed by atoms with Gasteiger partial charge in [0, 0.05) is 23.2 Å². The third-order valence-corrected chi connectivity index (χ3v) is 4.69. The molecule has 2 aromatic heterocycles. The van der Waals surface area contributed by atoms with Crippen LogP contribution in [0.4, 0.5) is 23.8 Å². The lowest BCUT2D eigenvalue weighted by Gasteiger charge is -2.22. The first-order chi connectivity index (χ1) is 14.9. The fraction of sp³-hybridized carbons (Fsp3) is 0.632. The summed E-state index contributed by atoms with van der Waals surface area (Å²) in [6.45, 7) is 4.30. The molecule has 3 rings (SSSR count). The quantitative estimate of drug-likeness (QED) is 0.612. The number of aromatic amines is 1. The molecule has 13 heteroatoms. The smallest absolute Gasteiger partial charge is 0.409 e. The maximum absolute atomic E-state index is 12.4. The van der Waals surface area contributed by atoms with E-state index in [0.717, 1.165) is 24.7 Å². The van der Waals surface area contributed by atoms with Crippen LogP contribution in [-0.2, 0) is 22.5 Å². The van der Waals surface area contributed by atoms with Crippen molar-refractivity contribution in [3.05, 3.63) is 23.7 Å². The molecule has 0 aromatic carbocycles. The van der Waals surface area contributed by atoms with Gasteiger partial charge in [0.15, 0.2) is 12.4 Å². The normalized spacial score (nSPS) is 19.1. The molecule has 0 radical (unpaired) electrons. The van der Waals surface area contributed by atoms with Crippen LogP contribution in [0.15, 0.2) is 12.3 Å². The zero-order valence-corrected chi connectivity index (χ0v) is 18.0. The van der Waals surface area contributed by atoms with E-state index in [1.165, 1.54) is 0 Å². The number of nitrogens with zero attached hydrogens (tertiary/aromatic N) is 4. The van der Waals surface area contributed by atoms with E-state index < -0.39 is 24.7 Å². The standard InChI is InChI=1S/C19H26F3N7O3/c1-18(2,3)25-17(31)32-13-5-4-11(6-13)14-8-15(27-26-14)24-16(30)7-12-9-23-29(28-12)10-19(20,21)22/h8-9,11,13H,4-7,10H2,1-3H3,(H,25,31)(H2,24,26,27,30)/t11-,13+/m0/s1. The summed E-state index contributed by atoms with van der Waals surface area (Å²) in [7, 11) is 0. The minimum atomic E-state index is -4.44. The summed E-state index contributed by atoms with van der Waals surface area (Å²) in [6.07, 6.45) is -2.06. The lowest BCUT2D eigenvalue weighted by molar-refractivity contribution is -0.144. The molecule has 1 saturated carbocycles. The summed E-state index contributed by atoms with van der Waals surface area (Å²) in [5.41, 5.74) is 0.545. The Kier molecular flexibility index (Phi) is 6.74. The second-order valence-electron chi connectivity index (χ2n) is 8.83. The van der Waals surface area contributed by atoms with Crippen molar-refractivity contribution < 1.29 is 27.5 Å². The largest absolute Gasteiger partial charge is 0.446 e. The monoisotopic (exact) mass is 457 g/mol. The molecule has 2 aromatic rings. The highest BCUT2D eigenvalue weighted by Crippen LogP contribution is 2.35. The van der Waals surface area contributed by atoms with Gasteiger partial charge in [-0.05, 0) is 40.0 Å². The molecule has 3 N–H and O–H groups in total. The molecule has 2 atom stereocenters. The van der Waals surface area contributed by atoms with Crippen LogP contribution >= 0.6 is 0 Å². The van der Waals surface area contributed by atoms with Crippen LogP contribution in [0.3, 0.4) is 0 Å². The van der Waals surface area contributed by atoms with E-state index in [1.54, 1.807) is 6.07 Å². The highest BCUT2D eigenvalue weighted by molar-refractivity contribution is 5.91. The number of halogens is 3. The van der Waals surface area contributed by atoms with Crippen LogP contribution in [0.2, 0.25) is 0 Å². The molecular formula is C19H26F3N7O3. The number of alkyl carbamates (subject to hydrolysis) is 1. The van der Waals surface area contributed by atoms with E-state index >= 15 is 0 Å². The first-order valence-corrected chi connectivity index (χ1v) is 10.2. The fourth-order valence-electron chi connectivity index (χ4n) is 3.43. The molecule has 1 aliphatic carbocycles. The lowest BCUT2D eigenvalue weighted by atomic mass is 10.0. The summed E-state index contributed by atoms with van der Waals surface area (Å²) in [4.78, 5) is 24.6. The Hall–Kier alpha value is -3.12. The second kappa shape index (κ2) is 9.17. The van der Waals surface area contributed by atoms with E-state index in [0.29, 0.717) is 17.0 Å². The van der Waals surface area contributed by atoms with Crippen LogP contribution in [0, 0.1) is 0 Å². The van der Waals surface area contributed by atoms with Crippen LogP contribution in [0.25, 0.3) is 0 Å². The highest BCUT2D eigenvalue weighted by atomic mass is 19.4. The van der Waals surface area contributed by atoms with Gasteiger partial charge in [0.25, 0.3) is 0 Å². The predicted molar refractivity (Wildman–Crippen MR) is 107 cm³/mol. The molecule has 0 saturated heterocycles. The van der Waals surface area contributed by atoms with Crippen LogP contribution < -0.4 is 10.6 Å².